The van der Waals surface area contributed by atoms with Crippen LogP contribution in [0.5, 0.6) is 5.75 Å². The maximum Gasteiger partial charge on any atom is 0.336 e. The molecule has 0 radical (unpaired) electrons. The Morgan fingerprint density at radius 1 is 0.829 bits per heavy atom. The molecule has 13 nitrogen and oxygen atoms in total. The first kappa shape index (κ1) is 25.9. The molecule has 3 heterocycles. The number of rotatable bonds is 6. The second kappa shape index (κ2) is 10.4. The molecule has 0 bridgehead atoms. The lowest BCUT2D eigenvalue weighted by Gasteiger charge is -2.45. The molecule has 2 aliphatic heterocycles. The van der Waals surface area contributed by atoms with Gasteiger partial charge < -0.3 is 59.1 Å². The molecule has 194 valence electrons. The average Bonchev–Trinajstić information content (AvgIpc) is 2.83. The van der Waals surface area contributed by atoms with Crippen LogP contribution in [-0.2, 0) is 14.2 Å². The Hall–Kier alpha value is -2.17. The van der Waals surface area contributed by atoms with Crippen molar-refractivity contribution in [2.24, 2.45) is 0 Å². The first-order chi connectivity index (χ1) is 16.6. The van der Waals surface area contributed by atoms with Crippen LogP contribution in [0.2, 0.25) is 0 Å². The maximum absolute atomic E-state index is 11.7. The largest absolute Gasteiger partial charge is 0.462 e. The summed E-state index contributed by atoms with van der Waals surface area (Å²) in [5, 5.41) is 71.1. The van der Waals surface area contributed by atoms with Crippen LogP contribution >= 0.6 is 0 Å². The van der Waals surface area contributed by atoms with E-state index in [4.69, 9.17) is 23.4 Å². The lowest BCUT2D eigenvalue weighted by Crippen LogP contribution is -2.65. The second-order valence-corrected chi connectivity index (χ2v) is 8.53. The highest BCUT2D eigenvalue weighted by atomic mass is 16.7. The molecule has 2 saturated heterocycles. The lowest BCUT2D eigenvalue weighted by atomic mass is 9.97. The molecule has 1 aromatic carbocycles. The third kappa shape index (κ3) is 5.06. The fourth-order valence-corrected chi connectivity index (χ4v) is 4.17. The molecule has 1 aromatic heterocycles. The molecule has 7 N–H and O–H groups in total. The van der Waals surface area contributed by atoms with E-state index in [9.17, 15) is 40.5 Å². The van der Waals surface area contributed by atoms with Crippen LogP contribution in [0.3, 0.4) is 0 Å². The molecule has 0 saturated carbocycles. The van der Waals surface area contributed by atoms with Crippen LogP contribution in [0.1, 0.15) is 5.56 Å². The maximum atomic E-state index is 11.7. The third-order valence-corrected chi connectivity index (χ3v) is 6.14. The molecule has 2 aliphatic rings. The Morgan fingerprint density at radius 3 is 2.17 bits per heavy atom. The zero-order valence-corrected chi connectivity index (χ0v) is 18.6. The van der Waals surface area contributed by atoms with Gasteiger partial charge in [-0.2, -0.15) is 0 Å². The van der Waals surface area contributed by atoms with E-state index in [1.165, 1.54) is 12.1 Å². The summed E-state index contributed by atoms with van der Waals surface area (Å²) >= 11 is 0. The van der Waals surface area contributed by atoms with Gasteiger partial charge in [-0.15, -0.1) is 0 Å². The number of benzene rings is 1. The van der Waals surface area contributed by atoms with E-state index in [2.05, 4.69) is 0 Å². The Balaban J connectivity index is 1.50. The van der Waals surface area contributed by atoms with Crippen LogP contribution in [0.25, 0.3) is 11.0 Å². The van der Waals surface area contributed by atoms with Crippen LogP contribution < -0.4 is 10.4 Å². The van der Waals surface area contributed by atoms with Crippen molar-refractivity contribution in [2.75, 3.05) is 13.2 Å². The number of ether oxygens (including phenoxy) is 4. The van der Waals surface area contributed by atoms with Gasteiger partial charge in [0.1, 0.15) is 60.2 Å². The molecule has 10 unspecified atom stereocenters. The summed E-state index contributed by atoms with van der Waals surface area (Å²) in [7, 11) is 0. The zero-order valence-electron chi connectivity index (χ0n) is 18.6. The number of fused-ring (bicyclic) bond motifs is 1. The molecule has 2 fully saturated rings. The number of hydrogen-bond acceptors (Lipinski definition) is 13. The minimum Gasteiger partial charge on any atom is -0.462 e. The molecular formula is C22H28O13. The fraction of sp³-hybridized carbons (Fsp3) is 0.591. The molecule has 2 aromatic rings. The Bertz CT molecular complexity index is 1070. The smallest absolute Gasteiger partial charge is 0.336 e. The Labute approximate surface area is 198 Å². The van der Waals surface area contributed by atoms with Crippen molar-refractivity contribution in [2.45, 2.75) is 68.3 Å². The van der Waals surface area contributed by atoms with Crippen LogP contribution in [0.4, 0.5) is 0 Å². The molecule has 13 heteroatoms. The van der Waals surface area contributed by atoms with E-state index in [0.29, 0.717) is 10.9 Å². The van der Waals surface area contributed by atoms with Crippen molar-refractivity contribution in [3.8, 4) is 5.75 Å². The molecule has 10 atom stereocenters. The molecular weight excluding hydrogens is 472 g/mol. The second-order valence-electron chi connectivity index (χ2n) is 8.53. The summed E-state index contributed by atoms with van der Waals surface area (Å²) in [4.78, 5) is 11.7. The van der Waals surface area contributed by atoms with Crippen LogP contribution in [0, 0.1) is 6.92 Å². The molecule has 0 amide bonds. The number of aliphatic hydroxyl groups excluding tert-OH is 7. The van der Waals surface area contributed by atoms with Gasteiger partial charge in [-0.1, -0.05) is 0 Å². The summed E-state index contributed by atoms with van der Waals surface area (Å²) in [5.74, 6) is 0.146. The summed E-state index contributed by atoms with van der Waals surface area (Å²) in [6, 6.07) is 5.94. The lowest BCUT2D eigenvalue weighted by molar-refractivity contribution is -0.352. The van der Waals surface area contributed by atoms with Gasteiger partial charge in [-0.05, 0) is 24.6 Å². The van der Waals surface area contributed by atoms with Crippen molar-refractivity contribution in [1.82, 2.24) is 0 Å². The third-order valence-electron chi connectivity index (χ3n) is 6.14. The highest BCUT2D eigenvalue weighted by Gasteiger charge is 2.51. The van der Waals surface area contributed by atoms with E-state index in [-0.39, 0.29) is 11.3 Å². The monoisotopic (exact) mass is 500 g/mol. The van der Waals surface area contributed by atoms with Crippen molar-refractivity contribution < 1.29 is 59.1 Å². The number of hydrogen-bond donors (Lipinski definition) is 7. The van der Waals surface area contributed by atoms with E-state index in [1.54, 1.807) is 19.1 Å². The average molecular weight is 500 g/mol. The van der Waals surface area contributed by atoms with E-state index in [0.717, 1.165) is 0 Å². The van der Waals surface area contributed by atoms with Crippen molar-refractivity contribution >= 4 is 11.0 Å². The number of aryl methyl sites for hydroxylation is 1. The van der Waals surface area contributed by atoms with Crippen molar-refractivity contribution in [3.05, 3.63) is 40.2 Å². The van der Waals surface area contributed by atoms with E-state index < -0.39 is 80.3 Å². The highest BCUT2D eigenvalue weighted by molar-refractivity contribution is 5.81. The van der Waals surface area contributed by atoms with E-state index >= 15 is 0 Å². The first-order valence-corrected chi connectivity index (χ1v) is 10.9. The topological polar surface area (TPSA) is 209 Å². The minimum absolute atomic E-state index is 0.146. The van der Waals surface area contributed by atoms with E-state index in [1.807, 2.05) is 0 Å². The van der Waals surface area contributed by atoms with Gasteiger partial charge in [0.2, 0.25) is 6.29 Å². The van der Waals surface area contributed by atoms with Gasteiger partial charge in [0.15, 0.2) is 6.29 Å². The SMILES string of the molecule is Cc1cc(=O)oc2cc(OC3OC(CO)C(OC4OC(CO)C(O)C(O)C4O)C(O)C3O)ccc12. The molecule has 0 spiro atoms. The summed E-state index contributed by atoms with van der Waals surface area (Å²) in [6.07, 6.45) is -15.6. The first-order valence-electron chi connectivity index (χ1n) is 10.9. The normalized spacial score (nSPS) is 37.9. The van der Waals surface area contributed by atoms with Gasteiger partial charge >= 0.3 is 5.63 Å². The summed E-state index contributed by atoms with van der Waals surface area (Å²) in [6.45, 7) is 0.352. The predicted octanol–water partition coefficient (Wildman–Crippen LogP) is -2.90. The zero-order chi connectivity index (χ0) is 25.4. The highest BCUT2D eigenvalue weighted by Crippen LogP contribution is 2.31. The van der Waals surface area contributed by atoms with Gasteiger partial charge in [-0.3, -0.25) is 0 Å². The summed E-state index contributed by atoms with van der Waals surface area (Å²) in [5.41, 5.74) is 0.381. The predicted molar refractivity (Wildman–Crippen MR) is 114 cm³/mol. The Morgan fingerprint density at radius 2 is 1.49 bits per heavy atom. The quantitative estimate of drug-likeness (QED) is 0.199. The molecule has 35 heavy (non-hydrogen) atoms. The van der Waals surface area contributed by atoms with Gasteiger partial charge in [-0.25, -0.2) is 4.79 Å². The number of aliphatic hydroxyl groups is 7. The molecule has 0 aliphatic carbocycles. The van der Waals surface area contributed by atoms with Crippen LogP contribution in [-0.4, -0.2) is 110 Å². The van der Waals surface area contributed by atoms with Crippen LogP contribution in [0.15, 0.2) is 33.5 Å². The Kier molecular flexibility index (Phi) is 7.73. The van der Waals surface area contributed by atoms with Crippen molar-refractivity contribution in [3.63, 3.8) is 0 Å². The summed E-state index contributed by atoms with van der Waals surface area (Å²) < 4.78 is 27.1. The van der Waals surface area contributed by atoms with Gasteiger partial charge in [0, 0.05) is 17.5 Å². The standard InChI is InChI=1S/C22H28O13/c1-8-4-14(25)32-11-5-9(2-3-10(8)11)31-21-19(30)17(28)20(13(7-24)34-21)35-22-18(29)16(27)15(26)12(6-23)33-22/h2-5,12-13,15-24,26-30H,6-7H2,1H3. The van der Waals surface area contributed by atoms with Gasteiger partial charge in [0.25, 0.3) is 0 Å². The fourth-order valence-electron chi connectivity index (χ4n) is 4.17. The van der Waals surface area contributed by atoms with Crippen molar-refractivity contribution in [1.29, 1.82) is 0 Å². The molecule has 4 rings (SSSR count). The minimum atomic E-state index is -1.76. The van der Waals surface area contributed by atoms with Gasteiger partial charge in [0.05, 0.1) is 13.2 Å².